The molecule has 0 spiro atoms. The molecule has 0 bridgehead atoms. The Hall–Kier alpha value is -6.13. The molecule has 4 nitrogen and oxygen atoms in total. The SMILES string of the molecule is c1ccc(-n2c3ccccc3c3cc(-c4ccc5c(c4)c4ccccc4n5-c4cc5cc6ccccc6cn5n4)ccc32)cc1. The van der Waals surface area contributed by atoms with E-state index in [-0.39, 0.29) is 0 Å². The first-order chi connectivity index (χ1) is 22.3. The van der Waals surface area contributed by atoms with Crippen LogP contribution < -0.4 is 0 Å². The lowest BCUT2D eigenvalue weighted by Gasteiger charge is -2.08. The predicted octanol–water partition coefficient (Wildman–Crippen LogP) is 10.3. The van der Waals surface area contributed by atoms with E-state index < -0.39 is 0 Å². The first-order valence-corrected chi connectivity index (χ1v) is 15.3. The number of aromatic nitrogens is 4. The molecule has 4 heterocycles. The smallest absolute Gasteiger partial charge is 0.160 e. The van der Waals surface area contributed by atoms with Crippen molar-refractivity contribution >= 4 is 59.9 Å². The van der Waals surface area contributed by atoms with Gasteiger partial charge in [0.2, 0.25) is 0 Å². The second kappa shape index (κ2) is 9.18. The highest BCUT2D eigenvalue weighted by molar-refractivity contribution is 6.12. The Morgan fingerprint density at radius 1 is 0.400 bits per heavy atom. The normalized spacial score (nSPS) is 12.0. The Balaban J connectivity index is 1.17. The monoisotopic (exact) mass is 574 g/mol. The van der Waals surface area contributed by atoms with Crippen molar-refractivity contribution in [2.24, 2.45) is 0 Å². The van der Waals surface area contributed by atoms with Crippen LogP contribution in [0, 0.1) is 0 Å². The predicted molar refractivity (Wildman–Crippen MR) is 187 cm³/mol. The van der Waals surface area contributed by atoms with Crippen molar-refractivity contribution in [2.75, 3.05) is 0 Å². The van der Waals surface area contributed by atoms with Gasteiger partial charge in [-0.1, -0.05) is 91.0 Å². The minimum atomic E-state index is 0.916. The van der Waals surface area contributed by atoms with Gasteiger partial charge in [-0.25, -0.2) is 4.52 Å². The van der Waals surface area contributed by atoms with Gasteiger partial charge < -0.3 is 4.57 Å². The summed E-state index contributed by atoms with van der Waals surface area (Å²) in [5.74, 6) is 0.916. The zero-order valence-corrected chi connectivity index (χ0v) is 24.3. The summed E-state index contributed by atoms with van der Waals surface area (Å²) >= 11 is 0. The number of pyridine rings is 1. The minimum absolute atomic E-state index is 0.916. The maximum atomic E-state index is 5.05. The second-order valence-corrected chi connectivity index (χ2v) is 11.8. The van der Waals surface area contributed by atoms with Crippen LogP contribution in [0.4, 0.5) is 0 Å². The Morgan fingerprint density at radius 2 is 0.956 bits per heavy atom. The lowest BCUT2D eigenvalue weighted by molar-refractivity contribution is 0.927. The van der Waals surface area contributed by atoms with E-state index in [1.54, 1.807) is 0 Å². The third kappa shape index (κ3) is 3.57. The van der Waals surface area contributed by atoms with Crippen LogP contribution >= 0.6 is 0 Å². The van der Waals surface area contributed by atoms with Gasteiger partial charge in [-0.05, 0) is 71.1 Å². The molecular formula is C41H26N4. The average molecular weight is 575 g/mol. The van der Waals surface area contributed by atoms with Crippen LogP contribution in [0.25, 0.3) is 82.5 Å². The lowest BCUT2D eigenvalue weighted by Crippen LogP contribution is -1.95. The Bertz CT molecular complexity index is 2710. The van der Waals surface area contributed by atoms with Crippen LogP contribution in [0.2, 0.25) is 0 Å². The molecule has 0 saturated carbocycles. The van der Waals surface area contributed by atoms with Crippen LogP contribution in [0.5, 0.6) is 0 Å². The van der Waals surface area contributed by atoms with Gasteiger partial charge in [0.25, 0.3) is 0 Å². The second-order valence-electron chi connectivity index (χ2n) is 11.8. The number of hydrogen-bond donors (Lipinski definition) is 0. The third-order valence-corrected chi connectivity index (χ3v) is 9.23. The van der Waals surface area contributed by atoms with E-state index in [0.717, 1.165) is 22.4 Å². The molecule has 0 atom stereocenters. The average Bonchev–Trinajstić information content (AvgIpc) is 3.76. The molecule has 0 fully saturated rings. The summed E-state index contributed by atoms with van der Waals surface area (Å²) in [6.45, 7) is 0. The van der Waals surface area contributed by atoms with Crippen LogP contribution in [0.1, 0.15) is 0 Å². The Labute approximate surface area is 258 Å². The highest BCUT2D eigenvalue weighted by Crippen LogP contribution is 2.38. The lowest BCUT2D eigenvalue weighted by atomic mass is 10.0. The van der Waals surface area contributed by atoms with Crippen molar-refractivity contribution in [1.29, 1.82) is 0 Å². The number of hydrogen-bond acceptors (Lipinski definition) is 1. The molecule has 0 N–H and O–H groups in total. The van der Waals surface area contributed by atoms with Gasteiger partial charge in [0, 0.05) is 44.9 Å². The Kier molecular flexibility index (Phi) is 4.96. The summed E-state index contributed by atoms with van der Waals surface area (Å²) in [6, 6.07) is 54.5. The van der Waals surface area contributed by atoms with E-state index in [1.165, 1.54) is 60.2 Å². The van der Waals surface area contributed by atoms with Gasteiger partial charge in [-0.15, -0.1) is 5.10 Å². The number of benzene rings is 6. The fourth-order valence-corrected chi connectivity index (χ4v) is 7.17. The van der Waals surface area contributed by atoms with E-state index in [9.17, 15) is 0 Å². The molecule has 0 aliphatic carbocycles. The van der Waals surface area contributed by atoms with E-state index >= 15 is 0 Å². The van der Waals surface area contributed by atoms with Gasteiger partial charge in [0.15, 0.2) is 5.82 Å². The van der Waals surface area contributed by atoms with Gasteiger partial charge in [0.1, 0.15) is 0 Å². The molecule has 210 valence electrons. The fraction of sp³-hybridized carbons (Fsp3) is 0. The molecule has 0 saturated heterocycles. The van der Waals surface area contributed by atoms with Crippen molar-refractivity contribution in [3.63, 3.8) is 0 Å². The van der Waals surface area contributed by atoms with Gasteiger partial charge >= 0.3 is 0 Å². The largest absolute Gasteiger partial charge is 0.309 e. The summed E-state index contributed by atoms with van der Waals surface area (Å²) in [4.78, 5) is 0. The number of nitrogens with zero attached hydrogens (tertiary/aromatic N) is 4. The maximum Gasteiger partial charge on any atom is 0.160 e. The van der Waals surface area contributed by atoms with Crippen molar-refractivity contribution in [3.05, 3.63) is 158 Å². The molecular weight excluding hydrogens is 548 g/mol. The van der Waals surface area contributed by atoms with Crippen LogP contribution in [-0.2, 0) is 0 Å². The first kappa shape index (κ1) is 24.3. The first-order valence-electron chi connectivity index (χ1n) is 15.3. The molecule has 0 radical (unpaired) electrons. The van der Waals surface area contributed by atoms with Gasteiger partial charge in [0.05, 0.1) is 27.6 Å². The quantitative estimate of drug-likeness (QED) is 0.206. The standard InChI is InChI=1S/C41H26N4/c1-2-12-31(13-3-1)44-37-16-8-6-14-33(37)35-23-28(18-20-39(35)44)29-19-21-40-36(24-29)34-15-7-9-17-38(34)45(40)41-25-32-22-27-10-4-5-11-30(27)26-43(32)42-41/h1-26H. The molecule has 10 rings (SSSR count). The topological polar surface area (TPSA) is 27.2 Å². The summed E-state index contributed by atoms with van der Waals surface area (Å²) in [5.41, 5.74) is 9.38. The zero-order chi connectivity index (χ0) is 29.5. The summed E-state index contributed by atoms with van der Waals surface area (Å²) < 4.78 is 6.65. The van der Waals surface area contributed by atoms with E-state index in [2.05, 4.69) is 167 Å². The molecule has 6 aromatic carbocycles. The molecule has 0 aliphatic heterocycles. The number of para-hydroxylation sites is 3. The van der Waals surface area contributed by atoms with Crippen LogP contribution in [0.15, 0.2) is 158 Å². The third-order valence-electron chi connectivity index (χ3n) is 9.23. The molecule has 0 aliphatic rings. The molecule has 0 unspecified atom stereocenters. The van der Waals surface area contributed by atoms with Crippen molar-refractivity contribution in [3.8, 4) is 22.6 Å². The molecule has 0 amide bonds. The Morgan fingerprint density at radius 3 is 1.67 bits per heavy atom. The number of rotatable bonds is 3. The fourth-order valence-electron chi connectivity index (χ4n) is 7.17. The van der Waals surface area contributed by atoms with Crippen molar-refractivity contribution in [2.45, 2.75) is 0 Å². The highest BCUT2D eigenvalue weighted by atomic mass is 15.3. The van der Waals surface area contributed by atoms with Crippen LogP contribution in [0.3, 0.4) is 0 Å². The van der Waals surface area contributed by atoms with E-state index in [0.29, 0.717) is 0 Å². The number of fused-ring (bicyclic) bond motifs is 8. The van der Waals surface area contributed by atoms with Gasteiger partial charge in [-0.3, -0.25) is 4.57 Å². The van der Waals surface area contributed by atoms with Crippen molar-refractivity contribution in [1.82, 2.24) is 18.7 Å². The van der Waals surface area contributed by atoms with E-state index in [1.807, 2.05) is 4.52 Å². The molecule has 10 aromatic rings. The van der Waals surface area contributed by atoms with Gasteiger partial charge in [-0.2, -0.15) is 0 Å². The molecule has 4 heteroatoms. The van der Waals surface area contributed by atoms with Crippen molar-refractivity contribution < 1.29 is 0 Å². The van der Waals surface area contributed by atoms with E-state index in [4.69, 9.17) is 5.10 Å². The van der Waals surface area contributed by atoms with Crippen LogP contribution in [-0.4, -0.2) is 18.7 Å². The zero-order valence-electron chi connectivity index (χ0n) is 24.3. The summed E-state index contributed by atoms with van der Waals surface area (Å²) in [7, 11) is 0. The molecule has 45 heavy (non-hydrogen) atoms. The molecule has 4 aromatic heterocycles. The minimum Gasteiger partial charge on any atom is -0.309 e. The maximum absolute atomic E-state index is 5.05. The summed E-state index contributed by atoms with van der Waals surface area (Å²) in [5, 5.41) is 12.4. The highest BCUT2D eigenvalue weighted by Gasteiger charge is 2.17. The summed E-state index contributed by atoms with van der Waals surface area (Å²) in [6.07, 6.45) is 2.12.